The van der Waals surface area contributed by atoms with Crippen LogP contribution in [-0.2, 0) is 31.9 Å². The molecule has 0 aliphatic heterocycles. The van der Waals surface area contributed by atoms with E-state index in [0.29, 0.717) is 6.54 Å². The first-order valence-electron chi connectivity index (χ1n) is 11.5. The average Bonchev–Trinajstić information content (AvgIpc) is 3.33. The number of methoxy groups -OCH3 is 1. The van der Waals surface area contributed by atoms with E-state index in [2.05, 4.69) is 13.8 Å². The van der Waals surface area contributed by atoms with Gasteiger partial charge >= 0.3 is 10.1 Å². The van der Waals surface area contributed by atoms with E-state index >= 15 is 0 Å². The van der Waals surface area contributed by atoms with Crippen molar-refractivity contribution in [2.24, 2.45) is 0 Å². The molecule has 0 aliphatic carbocycles. The van der Waals surface area contributed by atoms with E-state index in [-0.39, 0.29) is 35.8 Å². The number of hydrogen-bond donors (Lipinski definition) is 0. The first kappa shape index (κ1) is 28.2. The van der Waals surface area contributed by atoms with E-state index in [4.69, 9.17) is 8.92 Å². The summed E-state index contributed by atoms with van der Waals surface area (Å²) in [4.78, 5) is 2.87. The highest BCUT2D eigenvalue weighted by molar-refractivity contribution is 7.90. The van der Waals surface area contributed by atoms with Crippen LogP contribution in [0.4, 0.5) is 0 Å². The highest BCUT2D eigenvalue weighted by atomic mass is 32.2. The van der Waals surface area contributed by atoms with Crippen molar-refractivity contribution in [1.29, 1.82) is 0 Å². The molecule has 3 aromatic rings. The molecular formula is C26H33NO6S3. The summed E-state index contributed by atoms with van der Waals surface area (Å²) in [5.41, 5.74) is 1.82. The molecule has 0 spiro atoms. The molecule has 0 saturated carbocycles. The normalized spacial score (nSPS) is 12.6. The molecule has 196 valence electrons. The van der Waals surface area contributed by atoms with Crippen LogP contribution in [-0.4, -0.2) is 59.7 Å². The Labute approximate surface area is 218 Å². The minimum atomic E-state index is -3.87. The third kappa shape index (κ3) is 8.33. The van der Waals surface area contributed by atoms with Gasteiger partial charge < -0.3 is 8.92 Å². The number of hydrogen-bond acceptors (Lipinski definition) is 8. The smallest absolute Gasteiger partial charge is 0.310 e. The topological polar surface area (TPSA) is 90.0 Å². The maximum absolute atomic E-state index is 12.7. The van der Waals surface area contributed by atoms with Gasteiger partial charge in [-0.15, -0.1) is 11.3 Å². The van der Waals surface area contributed by atoms with Gasteiger partial charge in [0.05, 0.1) is 18.6 Å². The Kier molecular flexibility index (Phi) is 9.21. The average molecular weight is 552 g/mol. The van der Waals surface area contributed by atoms with E-state index in [1.54, 1.807) is 30.6 Å². The van der Waals surface area contributed by atoms with E-state index in [9.17, 15) is 16.8 Å². The van der Waals surface area contributed by atoms with Crippen molar-refractivity contribution in [2.75, 3.05) is 38.0 Å². The molecule has 0 saturated heterocycles. The molecule has 2 aromatic carbocycles. The van der Waals surface area contributed by atoms with Crippen molar-refractivity contribution in [3.05, 3.63) is 82.0 Å². The van der Waals surface area contributed by atoms with Crippen molar-refractivity contribution in [1.82, 2.24) is 4.90 Å². The van der Waals surface area contributed by atoms with Crippen molar-refractivity contribution in [3.63, 3.8) is 0 Å². The minimum absolute atomic E-state index is 0.0370. The molecule has 1 aromatic heterocycles. The van der Waals surface area contributed by atoms with Gasteiger partial charge in [-0.25, -0.2) is 8.42 Å². The van der Waals surface area contributed by atoms with Gasteiger partial charge in [0.15, 0.2) is 0 Å². The molecule has 1 heterocycles. The minimum Gasteiger partial charge on any atom is -0.497 e. The Morgan fingerprint density at radius 1 is 0.833 bits per heavy atom. The lowest BCUT2D eigenvalue weighted by Crippen LogP contribution is -2.33. The summed E-state index contributed by atoms with van der Waals surface area (Å²) >= 11 is 1.55. The third-order valence-corrected chi connectivity index (χ3v) is 8.92. The second-order valence-electron chi connectivity index (χ2n) is 9.21. The van der Waals surface area contributed by atoms with Crippen LogP contribution < -0.4 is 8.92 Å². The number of ether oxygens (including phenoxy) is 1. The van der Waals surface area contributed by atoms with Gasteiger partial charge in [0.2, 0.25) is 0 Å². The van der Waals surface area contributed by atoms with Gasteiger partial charge in [-0.3, -0.25) is 4.90 Å². The number of benzene rings is 2. The van der Waals surface area contributed by atoms with Crippen LogP contribution in [0.2, 0.25) is 0 Å². The maximum atomic E-state index is 12.7. The summed E-state index contributed by atoms with van der Waals surface area (Å²) in [6, 6.07) is 18.8. The van der Waals surface area contributed by atoms with Gasteiger partial charge in [0.1, 0.15) is 21.3 Å². The lowest BCUT2D eigenvalue weighted by molar-refractivity contribution is 0.298. The highest BCUT2D eigenvalue weighted by Crippen LogP contribution is 2.33. The van der Waals surface area contributed by atoms with Crippen molar-refractivity contribution >= 4 is 31.3 Å². The number of thiophene rings is 1. The summed E-state index contributed by atoms with van der Waals surface area (Å²) in [5.74, 6) is 0.741. The molecule has 7 nitrogen and oxygen atoms in total. The summed E-state index contributed by atoms with van der Waals surface area (Å²) in [6.07, 6.45) is 1.18. The zero-order valence-corrected chi connectivity index (χ0v) is 23.5. The third-order valence-electron chi connectivity index (χ3n) is 6.01. The SMILES string of the molecule is COc1ccc(C(C)(C)c2ccc(OS(=O)(=O)CCN(CCS(C)(=O)=O)Cc3cccs3)cc2)cc1. The standard InChI is InChI=1S/C26H33NO6S3/c1-26(2,21-7-11-23(32-3)12-8-21)22-9-13-24(14-10-22)33-36(30,31)19-16-27(15-18-35(4,28)29)20-25-6-5-17-34-25/h5-14,17H,15-16,18-20H2,1-4H3. The largest absolute Gasteiger partial charge is 0.497 e. The molecule has 36 heavy (non-hydrogen) atoms. The zero-order chi connectivity index (χ0) is 26.4. The molecule has 3 rings (SSSR count). The molecule has 0 radical (unpaired) electrons. The van der Waals surface area contributed by atoms with Crippen LogP contribution in [0.5, 0.6) is 11.5 Å². The second-order valence-corrected chi connectivity index (χ2v) is 14.2. The summed E-state index contributed by atoms with van der Waals surface area (Å²) in [7, 11) is -5.41. The van der Waals surface area contributed by atoms with E-state index < -0.39 is 20.0 Å². The molecule has 0 fully saturated rings. The Hall–Kier alpha value is -2.40. The summed E-state index contributed by atoms with van der Waals surface area (Å²) in [6.45, 7) is 5.10. The molecule has 0 aliphatic rings. The highest BCUT2D eigenvalue weighted by Gasteiger charge is 2.24. The molecule has 0 amide bonds. The van der Waals surface area contributed by atoms with Gasteiger partial charge in [0.25, 0.3) is 0 Å². The van der Waals surface area contributed by atoms with Gasteiger partial charge in [-0.2, -0.15) is 8.42 Å². The number of rotatable bonds is 13. The Bertz CT molecular complexity index is 1320. The van der Waals surface area contributed by atoms with Crippen molar-refractivity contribution in [3.8, 4) is 11.5 Å². The lowest BCUT2D eigenvalue weighted by atomic mass is 9.78. The van der Waals surface area contributed by atoms with Crippen LogP contribution in [0.25, 0.3) is 0 Å². The lowest BCUT2D eigenvalue weighted by Gasteiger charge is -2.26. The van der Waals surface area contributed by atoms with Crippen LogP contribution in [0.1, 0.15) is 29.9 Å². The maximum Gasteiger partial charge on any atom is 0.310 e. The quantitative estimate of drug-likeness (QED) is 0.292. The fourth-order valence-electron chi connectivity index (χ4n) is 3.72. The molecule has 0 atom stereocenters. The van der Waals surface area contributed by atoms with Gasteiger partial charge in [-0.1, -0.05) is 44.2 Å². The Balaban J connectivity index is 1.64. The number of nitrogens with zero attached hydrogens (tertiary/aromatic N) is 1. The van der Waals surface area contributed by atoms with E-state index in [0.717, 1.165) is 21.8 Å². The van der Waals surface area contributed by atoms with Crippen molar-refractivity contribution in [2.45, 2.75) is 25.8 Å². The monoisotopic (exact) mass is 551 g/mol. The predicted octanol–water partition coefficient (Wildman–Crippen LogP) is 4.34. The first-order valence-corrected chi connectivity index (χ1v) is 16.0. The molecule has 10 heteroatoms. The molecular weight excluding hydrogens is 518 g/mol. The summed E-state index contributed by atoms with van der Waals surface area (Å²) < 4.78 is 59.2. The van der Waals surface area contributed by atoms with Crippen LogP contribution >= 0.6 is 11.3 Å². The second kappa shape index (κ2) is 11.8. The summed E-state index contributed by atoms with van der Waals surface area (Å²) in [5, 5.41) is 1.93. The molecule has 0 bridgehead atoms. The first-order chi connectivity index (χ1) is 16.9. The van der Waals surface area contributed by atoms with Gasteiger partial charge in [0, 0.05) is 36.2 Å². The fourth-order valence-corrected chi connectivity index (χ4v) is 6.02. The molecule has 0 unspecified atom stereocenters. The van der Waals surface area contributed by atoms with Crippen LogP contribution in [0, 0.1) is 0 Å². The Morgan fingerprint density at radius 2 is 1.39 bits per heavy atom. The van der Waals surface area contributed by atoms with E-state index in [1.807, 2.05) is 58.8 Å². The fraction of sp³-hybridized carbons (Fsp3) is 0.385. The molecule has 0 N–H and O–H groups in total. The zero-order valence-electron chi connectivity index (χ0n) is 21.0. The van der Waals surface area contributed by atoms with E-state index in [1.165, 1.54) is 6.26 Å². The van der Waals surface area contributed by atoms with Crippen molar-refractivity contribution < 1.29 is 25.8 Å². The van der Waals surface area contributed by atoms with Crippen LogP contribution in [0.15, 0.2) is 66.0 Å². The van der Waals surface area contributed by atoms with Gasteiger partial charge in [-0.05, 0) is 46.8 Å². The Morgan fingerprint density at radius 3 is 1.89 bits per heavy atom. The number of sulfone groups is 1. The predicted molar refractivity (Wildman–Crippen MR) is 145 cm³/mol. The van der Waals surface area contributed by atoms with Crippen LogP contribution in [0.3, 0.4) is 0 Å².